The molecule has 1 aliphatic rings. The number of nitrogens with two attached hydrogens (primary N) is 1. The maximum Gasteiger partial charge on any atom is 0.395 e. The average Bonchev–Trinajstić information content (AvgIpc) is 3.90. The number of imidazole rings is 1. The van der Waals surface area contributed by atoms with Crippen molar-refractivity contribution in [2.24, 2.45) is 5.73 Å². The molecule has 2 heterocycles. The molecule has 66 heavy (non-hydrogen) atoms. The van der Waals surface area contributed by atoms with Gasteiger partial charge in [0.1, 0.15) is 24.8 Å². The molecule has 2 rings (SSSR count). The molecule has 8 N–H and O–H groups in total. The van der Waals surface area contributed by atoms with E-state index in [9.17, 15) is 43.5 Å². The number of ether oxygens (including phenoxy) is 3. The maximum absolute atomic E-state index is 13.5. The molecular formula is C44H77N8O13P. The van der Waals surface area contributed by atoms with Gasteiger partial charge in [0, 0.05) is 31.3 Å². The summed E-state index contributed by atoms with van der Waals surface area (Å²) in [6.45, 7) is 1.74. The number of cyclic esters (lactones) is 1. The number of carbonyl (C=O) groups is 6. The second kappa shape index (κ2) is 32.2. The van der Waals surface area contributed by atoms with Gasteiger partial charge < -0.3 is 55.6 Å². The van der Waals surface area contributed by atoms with Gasteiger partial charge in [-0.3, -0.25) is 19.2 Å². The van der Waals surface area contributed by atoms with E-state index in [0.29, 0.717) is 31.5 Å². The highest BCUT2D eigenvalue weighted by molar-refractivity contribution is 7.54. The van der Waals surface area contributed by atoms with Gasteiger partial charge in [0.15, 0.2) is 11.9 Å². The summed E-state index contributed by atoms with van der Waals surface area (Å²) in [6, 6.07) is -2.42. The number of carbonyl (C=O) groups excluding carboxylic acids is 5. The van der Waals surface area contributed by atoms with E-state index in [1.54, 1.807) is 0 Å². The number of aromatic nitrogens is 2. The highest BCUT2D eigenvalue weighted by atomic mass is 31.2. The summed E-state index contributed by atoms with van der Waals surface area (Å²) in [5.74, 6) is -6.64. The number of amides is 3. The number of carboxylic acid groups (broad SMARTS) is 1. The number of rotatable bonds is 38. The van der Waals surface area contributed by atoms with Gasteiger partial charge in [-0.05, 0) is 60.4 Å². The van der Waals surface area contributed by atoms with Gasteiger partial charge >= 0.3 is 25.6 Å². The predicted octanol–water partition coefficient (Wildman–Crippen LogP) is 4.38. The summed E-state index contributed by atoms with van der Waals surface area (Å²) in [5, 5.41) is 28.1. The van der Waals surface area contributed by atoms with Crippen LogP contribution in [0.3, 0.4) is 0 Å². The van der Waals surface area contributed by atoms with Crippen LogP contribution >= 0.6 is 7.67 Å². The lowest BCUT2D eigenvalue weighted by Gasteiger charge is -2.29. The van der Waals surface area contributed by atoms with Crippen LogP contribution in [0.5, 0.6) is 0 Å². The monoisotopic (exact) mass is 957 g/mol. The number of aromatic amines is 1. The first-order chi connectivity index (χ1) is 31.5. The lowest BCUT2D eigenvalue weighted by Crippen LogP contribution is -2.53. The molecule has 1 aromatic rings. The molecule has 1 aliphatic heterocycles. The zero-order chi connectivity index (χ0) is 48.9. The van der Waals surface area contributed by atoms with E-state index in [-0.39, 0.29) is 25.9 Å². The largest absolute Gasteiger partial charge is 0.505 e. The molecule has 0 saturated carbocycles. The Bertz CT molecular complexity index is 1700. The number of carboxylic acids is 1. The van der Waals surface area contributed by atoms with Crippen LogP contribution in [0.4, 0.5) is 0 Å². The van der Waals surface area contributed by atoms with Crippen LogP contribution in [0, 0.1) is 0 Å². The fourth-order valence-electron chi connectivity index (χ4n) is 7.01. The van der Waals surface area contributed by atoms with E-state index in [2.05, 4.69) is 32.8 Å². The normalized spacial score (nSPS) is 15.3. The highest BCUT2D eigenvalue weighted by Gasteiger charge is 2.46. The van der Waals surface area contributed by atoms with E-state index >= 15 is 0 Å². The molecule has 376 valence electrons. The van der Waals surface area contributed by atoms with Crippen LogP contribution in [0.1, 0.15) is 135 Å². The van der Waals surface area contributed by atoms with E-state index in [4.69, 9.17) is 24.5 Å². The fourth-order valence-corrected chi connectivity index (χ4v) is 8.46. The molecule has 21 nitrogen and oxygen atoms in total. The lowest BCUT2D eigenvalue weighted by atomic mass is 10.0. The number of unbranched alkanes of at least 4 members (excludes halogenated alkanes) is 14. The van der Waals surface area contributed by atoms with Gasteiger partial charge in [-0.1, -0.05) is 90.4 Å². The van der Waals surface area contributed by atoms with Crippen molar-refractivity contribution in [3.63, 3.8) is 0 Å². The van der Waals surface area contributed by atoms with Crippen LogP contribution in [0.25, 0.3) is 0 Å². The van der Waals surface area contributed by atoms with Crippen molar-refractivity contribution in [3.05, 3.63) is 29.7 Å². The first-order valence-corrected chi connectivity index (χ1v) is 24.9. The van der Waals surface area contributed by atoms with Crippen LogP contribution < -0.4 is 21.7 Å². The first-order valence-electron chi connectivity index (χ1n) is 23.4. The van der Waals surface area contributed by atoms with Crippen molar-refractivity contribution in [1.82, 2.24) is 35.3 Å². The fraction of sp³-hybridized carbons (Fsp3) is 0.750. The maximum atomic E-state index is 13.5. The Balaban J connectivity index is 1.93. The van der Waals surface area contributed by atoms with Crippen molar-refractivity contribution in [2.45, 2.75) is 160 Å². The molecule has 0 radical (unpaired) electrons. The Morgan fingerprint density at radius 1 is 0.864 bits per heavy atom. The SMILES string of the molecule is CCCCCCCCCCCCCCCCOC(COC(=O)CCC(=O)NCC(=O)NC(CCCCN)C(=O)NC(Cc1cnc[nH]1)C(=O)O)C1OC(=O)C(OP(=O)(N(C)C)N(C)C)=C1O. The van der Waals surface area contributed by atoms with Gasteiger partial charge in [0.05, 0.1) is 19.3 Å². The summed E-state index contributed by atoms with van der Waals surface area (Å²) < 4.78 is 38.4. The Kier molecular flexibility index (Phi) is 28.1. The first kappa shape index (κ1) is 57.6. The number of esters is 2. The molecule has 1 aromatic heterocycles. The van der Waals surface area contributed by atoms with E-state index in [0.717, 1.165) is 25.7 Å². The number of hydrogen-bond acceptors (Lipinski definition) is 14. The molecule has 0 saturated heterocycles. The van der Waals surface area contributed by atoms with Crippen molar-refractivity contribution in [1.29, 1.82) is 0 Å². The molecule has 0 aliphatic carbocycles. The lowest BCUT2D eigenvalue weighted by molar-refractivity contribution is -0.159. The number of H-pyrrole nitrogens is 1. The zero-order valence-electron chi connectivity index (χ0n) is 39.7. The highest BCUT2D eigenvalue weighted by Crippen LogP contribution is 2.53. The molecule has 0 fully saturated rings. The molecule has 22 heteroatoms. The summed E-state index contributed by atoms with van der Waals surface area (Å²) in [4.78, 5) is 82.9. The second-order valence-corrected chi connectivity index (χ2v) is 19.6. The standard InChI is InChI=1S/C44H77N8O13P/c1-6-7-8-9-10-11-12-13-14-15-16-17-18-21-26-62-35(40-39(56)41(44(60)64-40)65-66(61,51(2)3)52(4)5)30-63-38(55)24-23-36(53)47-29-37(54)49-33(22-19-20-25-45)42(57)50-34(43(58)59)27-32-28-46-31-48-32/h28,31,33-35,40,56H,6-27,29-30,45H2,1-5H3,(H,46,48)(H,47,53)(H,49,54)(H,50,57)(H,58,59). The zero-order valence-corrected chi connectivity index (χ0v) is 40.6. The van der Waals surface area contributed by atoms with Crippen molar-refractivity contribution in [3.8, 4) is 0 Å². The number of hydrogen-bond donors (Lipinski definition) is 7. The van der Waals surface area contributed by atoms with Gasteiger partial charge in [0.25, 0.3) is 5.76 Å². The van der Waals surface area contributed by atoms with Gasteiger partial charge in [-0.15, -0.1) is 0 Å². The van der Waals surface area contributed by atoms with E-state index < -0.39 is 98.7 Å². The van der Waals surface area contributed by atoms with Crippen LogP contribution in [0.15, 0.2) is 24.0 Å². The Morgan fingerprint density at radius 2 is 1.47 bits per heavy atom. The van der Waals surface area contributed by atoms with Crippen molar-refractivity contribution < 1.29 is 62.3 Å². The Hall–Kier alpha value is -4.56. The summed E-state index contributed by atoms with van der Waals surface area (Å²) in [5.41, 5.74) is 6.07. The minimum atomic E-state index is -3.78. The van der Waals surface area contributed by atoms with Crippen molar-refractivity contribution in [2.75, 3.05) is 54.5 Å². The molecule has 4 unspecified atom stereocenters. The van der Waals surface area contributed by atoms with Gasteiger partial charge in [0.2, 0.25) is 17.7 Å². The minimum Gasteiger partial charge on any atom is -0.505 e. The smallest absolute Gasteiger partial charge is 0.395 e. The van der Waals surface area contributed by atoms with Crippen LogP contribution in [-0.4, -0.2) is 144 Å². The number of nitrogens with one attached hydrogen (secondary N) is 4. The molecule has 4 atom stereocenters. The Morgan fingerprint density at radius 3 is 2.02 bits per heavy atom. The summed E-state index contributed by atoms with van der Waals surface area (Å²) in [7, 11) is 2.17. The molecule has 0 bridgehead atoms. The number of aliphatic hydroxyl groups excluding tert-OH is 1. The topological polar surface area (TPSA) is 294 Å². The third kappa shape index (κ3) is 21.8. The van der Waals surface area contributed by atoms with E-state index in [1.807, 2.05) is 0 Å². The van der Waals surface area contributed by atoms with Crippen LogP contribution in [-0.2, 0) is 58.5 Å². The predicted molar refractivity (Wildman–Crippen MR) is 246 cm³/mol. The molecule has 3 amide bonds. The second-order valence-electron chi connectivity index (χ2n) is 16.9. The van der Waals surface area contributed by atoms with Crippen molar-refractivity contribution >= 4 is 43.3 Å². The average molecular weight is 957 g/mol. The van der Waals surface area contributed by atoms with Gasteiger partial charge in [-0.25, -0.2) is 28.5 Å². The molecule has 0 spiro atoms. The third-order valence-electron chi connectivity index (χ3n) is 10.9. The van der Waals surface area contributed by atoms with E-state index in [1.165, 1.54) is 108 Å². The van der Waals surface area contributed by atoms with Gasteiger partial charge in [-0.2, -0.15) is 0 Å². The Labute approximate surface area is 389 Å². The van der Waals surface area contributed by atoms with Crippen LogP contribution in [0.2, 0.25) is 0 Å². The quantitative estimate of drug-likeness (QED) is 0.0275. The minimum absolute atomic E-state index is 0.0715. The third-order valence-corrected chi connectivity index (χ3v) is 13.4. The summed E-state index contributed by atoms with van der Waals surface area (Å²) >= 11 is 0. The number of aliphatic hydroxyl groups is 1. The number of nitrogens with zero attached hydrogens (tertiary/aromatic N) is 3. The summed E-state index contributed by atoms with van der Waals surface area (Å²) in [6.07, 6.45) is 16.8. The number of aliphatic carboxylic acids is 1. The molecule has 0 aromatic carbocycles. The molecular weight excluding hydrogens is 880 g/mol.